The van der Waals surface area contributed by atoms with Gasteiger partial charge in [-0.25, -0.2) is 9.78 Å². The average molecular weight is 509 g/mol. The molecule has 1 aliphatic heterocycles. The third-order valence-corrected chi connectivity index (χ3v) is 6.35. The Bertz CT molecular complexity index is 1350. The van der Waals surface area contributed by atoms with Crippen LogP contribution in [0.4, 0.5) is 24.8 Å². The lowest BCUT2D eigenvalue weighted by Crippen LogP contribution is -2.36. The predicted octanol–water partition coefficient (Wildman–Crippen LogP) is 5.30. The van der Waals surface area contributed by atoms with Gasteiger partial charge >= 0.3 is 12.1 Å². The van der Waals surface area contributed by atoms with Crippen LogP contribution in [0.3, 0.4) is 0 Å². The van der Waals surface area contributed by atoms with Crippen LogP contribution >= 0.6 is 11.6 Å². The molecule has 1 aromatic heterocycles. The molecule has 3 aromatic rings. The third kappa shape index (κ3) is 4.93. The van der Waals surface area contributed by atoms with Crippen LogP contribution in [0, 0.1) is 6.92 Å². The fourth-order valence-corrected chi connectivity index (χ4v) is 4.62. The number of carboxylic acid groups (broad SMARTS) is 1. The van der Waals surface area contributed by atoms with Gasteiger partial charge in [-0.15, -0.1) is 0 Å². The number of nitrogens with zero attached hydrogens (tertiary/aromatic N) is 3. The van der Waals surface area contributed by atoms with Gasteiger partial charge in [0, 0.05) is 36.4 Å². The van der Waals surface area contributed by atoms with Gasteiger partial charge in [0.1, 0.15) is 0 Å². The summed E-state index contributed by atoms with van der Waals surface area (Å²) in [6, 6.07) is 4.10. The second-order valence-electron chi connectivity index (χ2n) is 8.69. The molecule has 186 valence electrons. The van der Waals surface area contributed by atoms with Gasteiger partial charge in [0.25, 0.3) is 5.56 Å². The summed E-state index contributed by atoms with van der Waals surface area (Å²) in [6.45, 7) is 2.90. The van der Waals surface area contributed by atoms with Crippen LogP contribution in [-0.4, -0.2) is 39.9 Å². The number of aryl methyl sites for hydroxylation is 1. The van der Waals surface area contributed by atoms with E-state index in [0.717, 1.165) is 25.3 Å². The maximum Gasteiger partial charge on any atom is 0.412 e. The van der Waals surface area contributed by atoms with E-state index in [9.17, 15) is 27.9 Å². The van der Waals surface area contributed by atoms with E-state index in [2.05, 4.69) is 10.3 Å². The number of aromatic nitrogens is 2. The van der Waals surface area contributed by atoms with Crippen molar-refractivity contribution in [2.24, 2.45) is 7.05 Å². The van der Waals surface area contributed by atoms with Crippen LogP contribution in [-0.2, 0) is 7.05 Å². The monoisotopic (exact) mass is 508 g/mol. The number of aromatic carboxylic acids is 1. The van der Waals surface area contributed by atoms with E-state index in [-0.39, 0.29) is 27.2 Å². The second-order valence-corrected chi connectivity index (χ2v) is 9.12. The highest BCUT2D eigenvalue weighted by molar-refractivity contribution is 6.31. The lowest BCUT2D eigenvalue weighted by Gasteiger charge is -2.30. The smallest absolute Gasteiger partial charge is 0.412 e. The molecule has 35 heavy (non-hydrogen) atoms. The van der Waals surface area contributed by atoms with Gasteiger partial charge in [-0.1, -0.05) is 17.7 Å². The zero-order valence-electron chi connectivity index (χ0n) is 19.1. The molecule has 0 radical (unpaired) electrons. The van der Waals surface area contributed by atoms with E-state index in [1.54, 1.807) is 14.0 Å². The Balaban J connectivity index is 1.94. The molecule has 0 amide bonds. The normalized spacial score (nSPS) is 15.3. The Hall–Kier alpha value is -3.27. The van der Waals surface area contributed by atoms with Crippen molar-refractivity contribution in [3.63, 3.8) is 0 Å². The number of piperidine rings is 1. The van der Waals surface area contributed by atoms with Crippen molar-refractivity contribution < 1.29 is 23.1 Å². The maximum absolute atomic E-state index is 14.4. The third-order valence-electron chi connectivity index (χ3n) is 6.12. The quantitative estimate of drug-likeness (QED) is 0.486. The fourth-order valence-electron chi connectivity index (χ4n) is 4.45. The van der Waals surface area contributed by atoms with Crippen molar-refractivity contribution in [2.75, 3.05) is 23.3 Å². The van der Waals surface area contributed by atoms with Crippen LogP contribution in [0.2, 0.25) is 5.02 Å². The Labute approximate surface area is 204 Å². The number of halogens is 4. The van der Waals surface area contributed by atoms with Crippen LogP contribution < -0.4 is 15.8 Å². The minimum absolute atomic E-state index is 0.0638. The van der Waals surface area contributed by atoms with Crippen molar-refractivity contribution in [1.29, 1.82) is 0 Å². The lowest BCUT2D eigenvalue weighted by atomic mass is 9.99. The molecule has 11 heteroatoms. The molecule has 2 aromatic carbocycles. The number of nitrogens with one attached hydrogen (secondary N) is 1. The number of hydrogen-bond donors (Lipinski definition) is 2. The van der Waals surface area contributed by atoms with E-state index >= 15 is 0 Å². The van der Waals surface area contributed by atoms with E-state index in [4.69, 9.17) is 11.6 Å². The molecule has 1 fully saturated rings. The van der Waals surface area contributed by atoms with Crippen LogP contribution in [0.25, 0.3) is 10.9 Å². The zero-order chi connectivity index (χ0) is 25.5. The highest BCUT2D eigenvalue weighted by Gasteiger charge is 2.43. The summed E-state index contributed by atoms with van der Waals surface area (Å²) >= 11 is 5.86. The van der Waals surface area contributed by atoms with Gasteiger partial charge in [-0.3, -0.25) is 9.36 Å². The second kappa shape index (κ2) is 9.41. The summed E-state index contributed by atoms with van der Waals surface area (Å²) in [5.41, 5.74) is -0.975. The van der Waals surface area contributed by atoms with E-state index < -0.39 is 29.3 Å². The minimum Gasteiger partial charge on any atom is -0.478 e. The van der Waals surface area contributed by atoms with Gasteiger partial charge in [-0.05, 0) is 56.0 Å². The Morgan fingerprint density at radius 3 is 2.49 bits per heavy atom. The molecule has 0 bridgehead atoms. The van der Waals surface area contributed by atoms with Crippen molar-refractivity contribution in [1.82, 2.24) is 9.55 Å². The average Bonchev–Trinajstić information content (AvgIpc) is 2.80. The molecule has 1 unspecified atom stereocenters. The van der Waals surface area contributed by atoms with Crippen molar-refractivity contribution >= 4 is 40.1 Å². The Morgan fingerprint density at radius 2 is 1.86 bits per heavy atom. The maximum atomic E-state index is 14.4. The number of carbonyl (C=O) groups is 1. The summed E-state index contributed by atoms with van der Waals surface area (Å²) in [4.78, 5) is 31.3. The molecule has 1 saturated heterocycles. The molecule has 0 saturated carbocycles. The lowest BCUT2D eigenvalue weighted by molar-refractivity contribution is -0.143. The Kier molecular flexibility index (Phi) is 6.68. The zero-order valence-corrected chi connectivity index (χ0v) is 19.9. The summed E-state index contributed by atoms with van der Waals surface area (Å²) in [6.07, 6.45) is -1.99. The van der Waals surface area contributed by atoms with Gasteiger partial charge in [0.2, 0.25) is 5.95 Å². The number of hydrogen-bond acceptors (Lipinski definition) is 5. The molecule has 4 rings (SSSR count). The number of benzene rings is 2. The van der Waals surface area contributed by atoms with Crippen molar-refractivity contribution in [3.05, 3.63) is 62.4 Å². The Morgan fingerprint density at radius 1 is 1.17 bits per heavy atom. The van der Waals surface area contributed by atoms with Crippen molar-refractivity contribution in [2.45, 2.75) is 38.4 Å². The summed E-state index contributed by atoms with van der Waals surface area (Å²) < 4.78 is 44.7. The number of fused-ring (bicyclic) bond motifs is 1. The fraction of sp³-hybridized carbons (Fsp3) is 0.375. The largest absolute Gasteiger partial charge is 0.478 e. The van der Waals surface area contributed by atoms with Crippen LogP contribution in [0.1, 0.15) is 46.8 Å². The van der Waals surface area contributed by atoms with E-state index in [1.807, 2.05) is 4.90 Å². The first kappa shape index (κ1) is 24.8. The van der Waals surface area contributed by atoms with Crippen molar-refractivity contribution in [3.8, 4) is 0 Å². The minimum atomic E-state index is -4.83. The summed E-state index contributed by atoms with van der Waals surface area (Å²) in [5.74, 6) is -1.12. The topological polar surface area (TPSA) is 87.5 Å². The first-order valence-corrected chi connectivity index (χ1v) is 11.5. The molecule has 1 atom stereocenters. The number of carboxylic acids is 1. The number of alkyl halides is 3. The first-order valence-electron chi connectivity index (χ1n) is 11.1. The van der Waals surface area contributed by atoms with Crippen LogP contribution in [0.15, 0.2) is 35.1 Å². The molecule has 1 aliphatic rings. The summed E-state index contributed by atoms with van der Waals surface area (Å²) in [7, 11) is 1.56. The molecule has 0 spiro atoms. The molecular weight excluding hydrogens is 485 g/mol. The highest BCUT2D eigenvalue weighted by atomic mass is 35.5. The SMILES string of the molecule is Cc1cc(C(Nc2ccc(Cl)cc2C(=O)O)C(F)(F)F)c2nc(N3CCCCC3)n(C)c(=O)c2c1. The van der Waals surface area contributed by atoms with Gasteiger partial charge in [-0.2, -0.15) is 13.2 Å². The molecule has 2 heterocycles. The number of rotatable bonds is 5. The molecular formula is C24H24ClF3N4O3. The van der Waals surface area contributed by atoms with Gasteiger partial charge in [0.15, 0.2) is 6.04 Å². The van der Waals surface area contributed by atoms with Gasteiger partial charge < -0.3 is 15.3 Å². The molecule has 0 aliphatic carbocycles. The molecule has 7 nitrogen and oxygen atoms in total. The van der Waals surface area contributed by atoms with Gasteiger partial charge in [0.05, 0.1) is 16.5 Å². The molecule has 2 N–H and O–H groups in total. The standard InChI is InChI=1S/C24H24ClF3N4O3/c1-13-10-16(20(24(26,27)28)29-18-7-6-14(25)12-15(18)22(34)35)19-17(11-13)21(33)31(2)23(30-19)32-8-4-3-5-9-32/h6-7,10-12,20,29H,3-5,8-9H2,1-2H3,(H,34,35). The predicted molar refractivity (Wildman–Crippen MR) is 129 cm³/mol. The van der Waals surface area contributed by atoms with E-state index in [0.29, 0.717) is 24.6 Å². The first-order chi connectivity index (χ1) is 16.5. The summed E-state index contributed by atoms with van der Waals surface area (Å²) in [5, 5.41) is 12.0. The van der Waals surface area contributed by atoms with Crippen LogP contribution in [0.5, 0.6) is 0 Å². The highest BCUT2D eigenvalue weighted by Crippen LogP contribution is 2.40. The number of anilines is 2. The van der Waals surface area contributed by atoms with E-state index in [1.165, 1.54) is 28.8 Å².